The molecule has 2 aliphatic rings. The molecule has 2 fully saturated rings. The topological polar surface area (TPSA) is 32.3 Å². The summed E-state index contributed by atoms with van der Waals surface area (Å²) in [4.78, 5) is 14.4. The van der Waals surface area contributed by atoms with Crippen molar-refractivity contribution in [2.24, 2.45) is 17.8 Å². The third-order valence-electron chi connectivity index (χ3n) is 5.92. The number of halogens is 3. The Labute approximate surface area is 152 Å². The summed E-state index contributed by atoms with van der Waals surface area (Å²) >= 11 is 0. The van der Waals surface area contributed by atoms with Crippen LogP contribution in [-0.4, -0.2) is 29.4 Å². The van der Waals surface area contributed by atoms with Gasteiger partial charge in [-0.1, -0.05) is 32.9 Å². The fourth-order valence-electron chi connectivity index (χ4n) is 4.51. The van der Waals surface area contributed by atoms with Crippen LogP contribution in [-0.2, 0) is 17.5 Å². The number of hydrogen-bond donors (Lipinski definition) is 1. The first-order valence-electron chi connectivity index (χ1n) is 9.35. The van der Waals surface area contributed by atoms with E-state index in [1.807, 2.05) is 4.90 Å². The van der Waals surface area contributed by atoms with Gasteiger partial charge in [-0.2, -0.15) is 13.2 Å². The zero-order valence-electron chi connectivity index (χ0n) is 15.5. The second kappa shape index (κ2) is 7.22. The Morgan fingerprint density at radius 3 is 2.46 bits per heavy atom. The quantitative estimate of drug-likeness (QED) is 0.849. The molecule has 1 heterocycles. The molecule has 0 radical (unpaired) electrons. The molecule has 0 aromatic heterocycles. The first-order valence-corrected chi connectivity index (χ1v) is 9.35. The first-order chi connectivity index (χ1) is 12.2. The monoisotopic (exact) mass is 368 g/mol. The fraction of sp³-hybridized carbons (Fsp3) is 0.650. The largest absolute Gasteiger partial charge is 0.416 e. The molecule has 3 nitrogen and oxygen atoms in total. The van der Waals surface area contributed by atoms with E-state index in [9.17, 15) is 18.0 Å². The Morgan fingerprint density at radius 1 is 1.23 bits per heavy atom. The normalized spacial score (nSPS) is 28.9. The van der Waals surface area contributed by atoms with Gasteiger partial charge in [0.05, 0.1) is 5.56 Å². The van der Waals surface area contributed by atoms with Crippen LogP contribution in [0.5, 0.6) is 0 Å². The van der Waals surface area contributed by atoms with Crippen molar-refractivity contribution in [1.29, 1.82) is 0 Å². The number of likely N-dealkylation sites (tertiary alicyclic amines) is 1. The second-order valence-electron chi connectivity index (χ2n) is 8.09. The van der Waals surface area contributed by atoms with E-state index in [1.54, 1.807) is 0 Å². The van der Waals surface area contributed by atoms with E-state index < -0.39 is 11.7 Å². The molecular formula is C20H27F3N2O. The minimum atomic E-state index is -4.33. The maximum Gasteiger partial charge on any atom is 0.416 e. The number of benzene rings is 1. The number of nitrogens with zero attached hydrogens (tertiary/aromatic N) is 1. The predicted molar refractivity (Wildman–Crippen MR) is 94.3 cm³/mol. The van der Waals surface area contributed by atoms with Crippen molar-refractivity contribution in [3.05, 3.63) is 35.4 Å². The van der Waals surface area contributed by atoms with Gasteiger partial charge in [0.25, 0.3) is 0 Å². The molecule has 1 N–H and O–H groups in total. The van der Waals surface area contributed by atoms with Gasteiger partial charge in [0.1, 0.15) is 0 Å². The lowest BCUT2D eigenvalue weighted by Gasteiger charge is -2.25. The zero-order chi connectivity index (χ0) is 19.1. The first kappa shape index (κ1) is 19.2. The maximum atomic E-state index is 12.7. The van der Waals surface area contributed by atoms with Crippen molar-refractivity contribution in [2.45, 2.75) is 58.4 Å². The molecule has 26 heavy (non-hydrogen) atoms. The number of alkyl halides is 3. The molecular weight excluding hydrogens is 341 g/mol. The van der Waals surface area contributed by atoms with Crippen LogP contribution in [0.1, 0.15) is 44.7 Å². The third-order valence-corrected chi connectivity index (χ3v) is 5.92. The van der Waals surface area contributed by atoms with Crippen LogP contribution < -0.4 is 5.32 Å². The molecule has 1 aliphatic carbocycles. The van der Waals surface area contributed by atoms with Crippen molar-refractivity contribution in [2.75, 3.05) is 6.54 Å². The molecule has 4 atom stereocenters. The van der Waals surface area contributed by atoms with E-state index in [4.69, 9.17) is 0 Å². The van der Waals surface area contributed by atoms with Crippen molar-refractivity contribution in [1.82, 2.24) is 10.2 Å². The smallest absolute Gasteiger partial charge is 0.335 e. The number of hydrogen-bond acceptors (Lipinski definition) is 2. The molecule has 6 heteroatoms. The van der Waals surface area contributed by atoms with Gasteiger partial charge >= 0.3 is 6.18 Å². The molecule has 144 valence electrons. The standard InChI is InChI=1S/C20H27F3N2O/c1-12(2)24-10-17-13(3)8-18-16(17)9-19(26)25(18)11-14-4-6-15(7-5-14)20(21,22)23/h4-7,12-13,16-18,24H,8-11H2,1-3H3/t13-,16-,17+,18+/m0/s1. The molecule has 1 saturated heterocycles. The lowest BCUT2D eigenvalue weighted by Crippen LogP contribution is -2.34. The van der Waals surface area contributed by atoms with Crippen molar-refractivity contribution in [3.63, 3.8) is 0 Å². The van der Waals surface area contributed by atoms with E-state index in [2.05, 4.69) is 26.1 Å². The lowest BCUT2D eigenvalue weighted by atomic mass is 9.88. The highest BCUT2D eigenvalue weighted by Crippen LogP contribution is 2.46. The van der Waals surface area contributed by atoms with Gasteiger partial charge in [-0.05, 0) is 48.4 Å². The van der Waals surface area contributed by atoms with E-state index in [1.165, 1.54) is 12.1 Å². The van der Waals surface area contributed by atoms with Crippen molar-refractivity contribution < 1.29 is 18.0 Å². The Balaban J connectivity index is 1.69. The van der Waals surface area contributed by atoms with Crippen LogP contribution >= 0.6 is 0 Å². The van der Waals surface area contributed by atoms with Gasteiger partial charge in [-0.3, -0.25) is 4.79 Å². The minimum Gasteiger partial charge on any atom is -0.335 e. The highest BCUT2D eigenvalue weighted by Gasteiger charge is 2.50. The lowest BCUT2D eigenvalue weighted by molar-refractivity contribution is -0.137. The van der Waals surface area contributed by atoms with Gasteiger partial charge in [0.2, 0.25) is 5.91 Å². The highest BCUT2D eigenvalue weighted by molar-refractivity contribution is 5.79. The number of carbonyl (C=O) groups is 1. The molecule has 0 spiro atoms. The highest BCUT2D eigenvalue weighted by atomic mass is 19.4. The van der Waals surface area contributed by atoms with Crippen LogP contribution in [0.25, 0.3) is 0 Å². The zero-order valence-corrected chi connectivity index (χ0v) is 15.5. The summed E-state index contributed by atoms with van der Waals surface area (Å²) in [6.07, 6.45) is -2.80. The number of carbonyl (C=O) groups excluding carboxylic acids is 1. The Hall–Kier alpha value is -1.56. The van der Waals surface area contributed by atoms with Crippen LogP contribution in [0, 0.1) is 17.8 Å². The number of rotatable bonds is 5. The molecule has 1 amide bonds. The van der Waals surface area contributed by atoms with Crippen molar-refractivity contribution in [3.8, 4) is 0 Å². The Morgan fingerprint density at radius 2 is 1.88 bits per heavy atom. The Bertz CT molecular complexity index is 641. The summed E-state index contributed by atoms with van der Waals surface area (Å²) in [6, 6.07) is 5.79. The summed E-state index contributed by atoms with van der Waals surface area (Å²) in [5.74, 6) is 1.49. The molecule has 0 bridgehead atoms. The number of nitrogens with one attached hydrogen (secondary N) is 1. The summed E-state index contributed by atoms with van der Waals surface area (Å²) < 4.78 is 38.1. The minimum absolute atomic E-state index is 0.126. The summed E-state index contributed by atoms with van der Waals surface area (Å²) in [5, 5.41) is 3.49. The number of fused-ring (bicyclic) bond motifs is 1. The van der Waals surface area contributed by atoms with Gasteiger partial charge in [-0.25, -0.2) is 0 Å². The average Bonchev–Trinajstić information content (AvgIpc) is 3.00. The van der Waals surface area contributed by atoms with Crippen LogP contribution in [0.4, 0.5) is 13.2 Å². The fourth-order valence-corrected chi connectivity index (χ4v) is 4.51. The van der Waals surface area contributed by atoms with E-state index in [0.29, 0.717) is 36.8 Å². The van der Waals surface area contributed by atoms with Gasteiger partial charge < -0.3 is 10.2 Å². The van der Waals surface area contributed by atoms with E-state index in [0.717, 1.165) is 30.7 Å². The predicted octanol–water partition coefficient (Wildman–Crippen LogP) is 4.08. The Kier molecular flexibility index (Phi) is 5.33. The van der Waals surface area contributed by atoms with Crippen LogP contribution in [0.15, 0.2) is 24.3 Å². The SMILES string of the molecule is CC(C)NC[C@H]1[C@@H]2CC(=O)N(Cc3ccc(C(F)(F)F)cc3)[C@@H]2C[C@@H]1C. The molecule has 1 aromatic carbocycles. The molecule has 3 rings (SSSR count). The number of amides is 1. The second-order valence-corrected chi connectivity index (χ2v) is 8.09. The van der Waals surface area contributed by atoms with Gasteiger partial charge in [0, 0.05) is 25.0 Å². The summed E-state index contributed by atoms with van der Waals surface area (Å²) in [6.45, 7) is 7.80. The maximum absolute atomic E-state index is 12.7. The van der Waals surface area contributed by atoms with Gasteiger partial charge in [-0.15, -0.1) is 0 Å². The van der Waals surface area contributed by atoms with Crippen LogP contribution in [0.3, 0.4) is 0 Å². The molecule has 1 aromatic rings. The van der Waals surface area contributed by atoms with Gasteiger partial charge in [0.15, 0.2) is 0 Å². The van der Waals surface area contributed by atoms with Crippen LogP contribution in [0.2, 0.25) is 0 Å². The third kappa shape index (κ3) is 3.90. The van der Waals surface area contributed by atoms with E-state index >= 15 is 0 Å². The summed E-state index contributed by atoms with van der Waals surface area (Å²) in [7, 11) is 0. The molecule has 0 unspecified atom stereocenters. The average molecular weight is 368 g/mol. The summed E-state index contributed by atoms with van der Waals surface area (Å²) in [5.41, 5.74) is 0.101. The van der Waals surface area contributed by atoms with E-state index in [-0.39, 0.29) is 11.9 Å². The molecule has 1 aliphatic heterocycles. The molecule has 1 saturated carbocycles. The van der Waals surface area contributed by atoms with Crippen molar-refractivity contribution >= 4 is 5.91 Å².